The summed E-state index contributed by atoms with van der Waals surface area (Å²) in [7, 11) is -3.42. The van der Waals surface area contributed by atoms with Crippen LogP contribution in [0.3, 0.4) is 0 Å². The summed E-state index contributed by atoms with van der Waals surface area (Å²) < 4.78 is 28.0. The molecular formula is C12H18N4O2S. The Balaban J connectivity index is 1.92. The van der Waals surface area contributed by atoms with Crippen LogP contribution in [-0.2, 0) is 16.6 Å². The van der Waals surface area contributed by atoms with Crippen molar-refractivity contribution in [2.24, 2.45) is 0 Å². The maximum Gasteiger partial charge on any atom is 0.277 e. The molecule has 0 atom stereocenters. The Morgan fingerprint density at radius 3 is 2.74 bits per heavy atom. The Morgan fingerprint density at radius 1 is 1.32 bits per heavy atom. The minimum Gasteiger partial charge on any atom is -0.342 e. The normalized spacial score (nSPS) is 12.4. The lowest BCUT2D eigenvalue weighted by Crippen LogP contribution is -2.41. The number of H-pyrrole nitrogens is 1. The topological polar surface area (TPSA) is 86.9 Å². The predicted octanol–water partition coefficient (Wildman–Crippen LogP) is 0.938. The van der Waals surface area contributed by atoms with Crippen molar-refractivity contribution >= 4 is 21.2 Å². The van der Waals surface area contributed by atoms with E-state index in [9.17, 15) is 8.42 Å². The number of hydrogen-bond donors (Lipinski definition) is 3. The molecule has 19 heavy (non-hydrogen) atoms. The smallest absolute Gasteiger partial charge is 0.277 e. The third kappa shape index (κ3) is 4.02. The van der Waals surface area contributed by atoms with Gasteiger partial charge in [-0.2, -0.15) is 13.1 Å². The van der Waals surface area contributed by atoms with Crippen LogP contribution >= 0.6 is 0 Å². The van der Waals surface area contributed by atoms with E-state index in [1.165, 1.54) is 0 Å². The maximum atomic E-state index is 11.6. The fraction of sp³-hybridized carbons (Fsp3) is 0.417. The number of benzene rings is 1. The first-order chi connectivity index (χ1) is 8.96. The van der Waals surface area contributed by atoms with Gasteiger partial charge in [0.05, 0.1) is 11.0 Å². The molecule has 0 spiro atoms. The second-order valence-corrected chi connectivity index (χ2v) is 6.15. The average molecular weight is 282 g/mol. The maximum absolute atomic E-state index is 11.6. The lowest BCUT2D eigenvalue weighted by atomic mass is 10.3. The van der Waals surface area contributed by atoms with Gasteiger partial charge in [-0.1, -0.05) is 12.1 Å². The number of aromatic amines is 1. The fourth-order valence-corrected chi connectivity index (χ4v) is 2.85. The zero-order valence-corrected chi connectivity index (χ0v) is 11.8. The summed E-state index contributed by atoms with van der Waals surface area (Å²) in [5, 5.41) is 0. The molecule has 0 amide bonds. The van der Waals surface area contributed by atoms with Crippen LogP contribution in [0.5, 0.6) is 0 Å². The molecule has 0 aliphatic carbocycles. The van der Waals surface area contributed by atoms with Gasteiger partial charge in [0.15, 0.2) is 0 Å². The quantitative estimate of drug-likeness (QED) is 0.737. The van der Waals surface area contributed by atoms with Gasteiger partial charge in [-0.15, -0.1) is 0 Å². The van der Waals surface area contributed by atoms with Gasteiger partial charge in [0.25, 0.3) is 10.2 Å². The Kier molecular flexibility index (Phi) is 4.18. The van der Waals surface area contributed by atoms with Gasteiger partial charge in [-0.3, -0.25) is 0 Å². The molecule has 2 rings (SSSR count). The molecule has 1 heterocycles. The standard InChI is InChI=1S/C12H18N4O2S/c1-9(2)16-19(17,18)13-8-7-12-14-10-5-3-4-6-11(10)15-12/h3-6,9,13,16H,7-8H2,1-2H3,(H,14,15). The van der Waals surface area contributed by atoms with E-state index in [0.29, 0.717) is 13.0 Å². The highest BCUT2D eigenvalue weighted by Crippen LogP contribution is 2.10. The molecule has 3 N–H and O–H groups in total. The third-order valence-electron chi connectivity index (χ3n) is 2.48. The van der Waals surface area contributed by atoms with Crippen LogP contribution in [0.1, 0.15) is 19.7 Å². The van der Waals surface area contributed by atoms with Gasteiger partial charge >= 0.3 is 0 Å². The number of nitrogens with one attached hydrogen (secondary N) is 3. The number of nitrogens with zero attached hydrogens (tertiary/aromatic N) is 1. The summed E-state index contributed by atoms with van der Waals surface area (Å²) >= 11 is 0. The number of fused-ring (bicyclic) bond motifs is 1. The summed E-state index contributed by atoms with van der Waals surface area (Å²) in [6.07, 6.45) is 0.522. The molecule has 2 aromatic rings. The van der Waals surface area contributed by atoms with E-state index in [-0.39, 0.29) is 6.04 Å². The molecule has 0 saturated heterocycles. The zero-order chi connectivity index (χ0) is 13.9. The van der Waals surface area contributed by atoms with Crippen LogP contribution in [0.4, 0.5) is 0 Å². The first kappa shape index (κ1) is 14.0. The Hall–Kier alpha value is -1.44. The fourth-order valence-electron chi connectivity index (χ4n) is 1.78. The number of para-hydroxylation sites is 2. The van der Waals surface area contributed by atoms with Crippen molar-refractivity contribution < 1.29 is 8.42 Å². The van der Waals surface area contributed by atoms with Crippen molar-refractivity contribution in [3.05, 3.63) is 30.1 Å². The van der Waals surface area contributed by atoms with Crippen molar-refractivity contribution in [2.45, 2.75) is 26.3 Å². The van der Waals surface area contributed by atoms with Crippen molar-refractivity contribution in [3.8, 4) is 0 Å². The van der Waals surface area contributed by atoms with E-state index in [0.717, 1.165) is 16.9 Å². The minimum absolute atomic E-state index is 0.122. The van der Waals surface area contributed by atoms with E-state index in [2.05, 4.69) is 19.4 Å². The predicted molar refractivity (Wildman–Crippen MR) is 75.0 cm³/mol. The molecule has 104 valence electrons. The van der Waals surface area contributed by atoms with Gasteiger partial charge < -0.3 is 4.98 Å². The van der Waals surface area contributed by atoms with Gasteiger partial charge in [0.2, 0.25) is 0 Å². The second kappa shape index (κ2) is 5.68. The molecule has 0 radical (unpaired) electrons. The minimum atomic E-state index is -3.42. The highest BCUT2D eigenvalue weighted by atomic mass is 32.2. The third-order valence-corrected chi connectivity index (χ3v) is 3.85. The van der Waals surface area contributed by atoms with Crippen LogP contribution in [0.2, 0.25) is 0 Å². The number of rotatable bonds is 6. The number of aromatic nitrogens is 2. The SMILES string of the molecule is CC(C)NS(=O)(=O)NCCc1nc2ccccc2[nH]1. The molecule has 6 nitrogen and oxygen atoms in total. The lowest BCUT2D eigenvalue weighted by Gasteiger charge is -2.09. The van der Waals surface area contributed by atoms with Gasteiger partial charge in [-0.05, 0) is 26.0 Å². The van der Waals surface area contributed by atoms with Crippen LogP contribution in [-0.4, -0.2) is 31.0 Å². The molecular weight excluding hydrogens is 264 g/mol. The van der Waals surface area contributed by atoms with E-state index >= 15 is 0 Å². The zero-order valence-electron chi connectivity index (χ0n) is 11.0. The first-order valence-corrected chi connectivity index (χ1v) is 7.65. The van der Waals surface area contributed by atoms with Crippen LogP contribution < -0.4 is 9.44 Å². The summed E-state index contributed by atoms with van der Waals surface area (Å²) in [5.41, 5.74) is 1.85. The van der Waals surface area contributed by atoms with Gasteiger partial charge in [0, 0.05) is 19.0 Å². The summed E-state index contributed by atoms with van der Waals surface area (Å²) in [4.78, 5) is 7.54. The number of imidazole rings is 1. The highest BCUT2D eigenvalue weighted by Gasteiger charge is 2.10. The van der Waals surface area contributed by atoms with Crippen molar-refractivity contribution in [1.29, 1.82) is 0 Å². The Morgan fingerprint density at radius 2 is 2.05 bits per heavy atom. The molecule has 0 unspecified atom stereocenters. The molecule has 0 aliphatic heterocycles. The molecule has 1 aromatic carbocycles. The van der Waals surface area contributed by atoms with Gasteiger partial charge in [0.1, 0.15) is 5.82 Å². The highest BCUT2D eigenvalue weighted by molar-refractivity contribution is 7.87. The molecule has 1 aromatic heterocycles. The second-order valence-electron chi connectivity index (χ2n) is 4.62. The molecule has 7 heteroatoms. The molecule has 0 fully saturated rings. The molecule has 0 saturated carbocycles. The number of hydrogen-bond acceptors (Lipinski definition) is 3. The Labute approximate surface area is 112 Å². The first-order valence-electron chi connectivity index (χ1n) is 6.17. The van der Waals surface area contributed by atoms with Crippen LogP contribution in [0.25, 0.3) is 11.0 Å². The van der Waals surface area contributed by atoms with E-state index in [1.54, 1.807) is 13.8 Å². The summed E-state index contributed by atoms with van der Waals surface area (Å²) in [6.45, 7) is 3.86. The van der Waals surface area contributed by atoms with E-state index in [1.807, 2.05) is 24.3 Å². The van der Waals surface area contributed by atoms with Crippen molar-refractivity contribution in [1.82, 2.24) is 19.4 Å². The monoisotopic (exact) mass is 282 g/mol. The lowest BCUT2D eigenvalue weighted by molar-refractivity contribution is 0.554. The molecule has 0 aliphatic rings. The van der Waals surface area contributed by atoms with Gasteiger partial charge in [-0.25, -0.2) is 9.71 Å². The van der Waals surface area contributed by atoms with E-state index < -0.39 is 10.2 Å². The average Bonchev–Trinajstić information content (AvgIpc) is 2.69. The van der Waals surface area contributed by atoms with Crippen LogP contribution in [0, 0.1) is 0 Å². The molecule has 0 bridgehead atoms. The summed E-state index contributed by atoms with van der Waals surface area (Å²) in [6, 6.07) is 7.58. The largest absolute Gasteiger partial charge is 0.342 e. The Bertz CT molecular complexity index is 616. The van der Waals surface area contributed by atoms with E-state index in [4.69, 9.17) is 0 Å². The van der Waals surface area contributed by atoms with Crippen molar-refractivity contribution in [3.63, 3.8) is 0 Å². The summed E-state index contributed by atoms with van der Waals surface area (Å²) in [5.74, 6) is 0.772. The van der Waals surface area contributed by atoms with Crippen LogP contribution in [0.15, 0.2) is 24.3 Å². The van der Waals surface area contributed by atoms with Crippen molar-refractivity contribution in [2.75, 3.05) is 6.54 Å².